The predicted molar refractivity (Wildman–Crippen MR) is 96.7 cm³/mol. The number of aromatic nitrogens is 1. The zero-order valence-corrected chi connectivity index (χ0v) is 14.9. The summed E-state index contributed by atoms with van der Waals surface area (Å²) in [6.45, 7) is 0. The van der Waals surface area contributed by atoms with Gasteiger partial charge in [0, 0.05) is 19.8 Å². The number of likely N-dealkylation sites (N-methyl/N-ethyl adjacent to an activating group) is 1. The number of nitrogens with zero attached hydrogens (tertiary/aromatic N) is 2. The largest absolute Gasteiger partial charge is 0.416 e. The minimum Gasteiger partial charge on any atom is -0.349 e. The molecule has 0 spiro atoms. The Kier molecular flexibility index (Phi) is 4.86. The average Bonchev–Trinajstić information content (AvgIpc) is 2.97. The van der Waals surface area contributed by atoms with Crippen LogP contribution >= 0.6 is 11.3 Å². The first kappa shape index (κ1) is 18.2. The van der Waals surface area contributed by atoms with Gasteiger partial charge in [0.1, 0.15) is 0 Å². The van der Waals surface area contributed by atoms with Crippen molar-refractivity contribution in [2.75, 3.05) is 19.4 Å². The Morgan fingerprint density at radius 2 is 1.85 bits per heavy atom. The van der Waals surface area contributed by atoms with E-state index in [2.05, 4.69) is 10.3 Å². The van der Waals surface area contributed by atoms with E-state index < -0.39 is 11.7 Å². The van der Waals surface area contributed by atoms with Crippen molar-refractivity contribution in [1.29, 1.82) is 0 Å². The molecule has 0 bridgehead atoms. The normalized spacial score (nSPS) is 11.6. The maximum Gasteiger partial charge on any atom is 0.416 e. The third-order valence-electron chi connectivity index (χ3n) is 3.77. The molecular formula is C18H16F3N3OS. The SMILES string of the molecule is CN(C)C(=O)Cc1ccc(Nc2nc3cc(C(F)(F)F)ccc3s2)cc1. The second kappa shape index (κ2) is 6.95. The van der Waals surface area contributed by atoms with Crippen LogP contribution in [0.2, 0.25) is 0 Å². The van der Waals surface area contributed by atoms with Gasteiger partial charge in [0.2, 0.25) is 5.91 Å². The Bertz CT molecular complexity index is 933. The third kappa shape index (κ3) is 4.13. The summed E-state index contributed by atoms with van der Waals surface area (Å²) in [6, 6.07) is 10.8. The van der Waals surface area contributed by atoms with Gasteiger partial charge in [-0.25, -0.2) is 4.98 Å². The number of anilines is 2. The maximum atomic E-state index is 12.8. The number of halogens is 3. The van der Waals surface area contributed by atoms with Crippen LogP contribution < -0.4 is 5.32 Å². The van der Waals surface area contributed by atoms with Crippen LogP contribution in [0.3, 0.4) is 0 Å². The van der Waals surface area contributed by atoms with Gasteiger partial charge in [0.05, 0.1) is 22.2 Å². The van der Waals surface area contributed by atoms with Crippen LogP contribution in [-0.2, 0) is 17.4 Å². The summed E-state index contributed by atoms with van der Waals surface area (Å²) in [7, 11) is 3.41. The molecule has 2 aromatic carbocycles. The summed E-state index contributed by atoms with van der Waals surface area (Å²) >= 11 is 1.28. The van der Waals surface area contributed by atoms with Gasteiger partial charge >= 0.3 is 6.18 Å². The van der Waals surface area contributed by atoms with E-state index in [1.807, 2.05) is 24.3 Å². The molecule has 0 aliphatic heterocycles. The average molecular weight is 379 g/mol. The molecule has 1 N–H and O–H groups in total. The van der Waals surface area contributed by atoms with Gasteiger partial charge in [-0.1, -0.05) is 23.5 Å². The van der Waals surface area contributed by atoms with Crippen molar-refractivity contribution in [2.45, 2.75) is 12.6 Å². The lowest BCUT2D eigenvalue weighted by Gasteiger charge is -2.10. The number of benzene rings is 2. The van der Waals surface area contributed by atoms with Crippen LogP contribution in [0.25, 0.3) is 10.2 Å². The molecule has 1 heterocycles. The summed E-state index contributed by atoms with van der Waals surface area (Å²) in [5.41, 5.74) is 1.23. The first-order valence-electron chi connectivity index (χ1n) is 7.76. The van der Waals surface area contributed by atoms with Crippen molar-refractivity contribution in [2.24, 2.45) is 0 Å². The molecule has 1 aromatic heterocycles. The van der Waals surface area contributed by atoms with Gasteiger partial charge < -0.3 is 10.2 Å². The first-order chi connectivity index (χ1) is 12.2. The van der Waals surface area contributed by atoms with E-state index in [0.717, 1.165) is 23.4 Å². The molecule has 0 atom stereocenters. The minimum absolute atomic E-state index is 0.0114. The lowest BCUT2D eigenvalue weighted by molar-refractivity contribution is -0.137. The predicted octanol–water partition coefficient (Wildman–Crippen LogP) is 4.69. The van der Waals surface area contributed by atoms with Crippen LogP contribution in [0.1, 0.15) is 11.1 Å². The second-order valence-electron chi connectivity index (χ2n) is 5.99. The standard InChI is InChI=1S/C18H16F3N3OS/c1-24(2)16(25)9-11-3-6-13(7-4-11)22-17-23-14-10-12(18(19,20)21)5-8-15(14)26-17/h3-8,10H,9H2,1-2H3,(H,22,23). The van der Waals surface area contributed by atoms with E-state index >= 15 is 0 Å². The molecule has 4 nitrogen and oxygen atoms in total. The molecule has 3 rings (SSSR count). The number of alkyl halides is 3. The van der Waals surface area contributed by atoms with Gasteiger partial charge in [-0.2, -0.15) is 13.2 Å². The number of rotatable bonds is 4. The molecule has 136 valence electrons. The molecule has 0 fully saturated rings. The summed E-state index contributed by atoms with van der Waals surface area (Å²) in [4.78, 5) is 17.5. The third-order valence-corrected chi connectivity index (χ3v) is 4.73. The summed E-state index contributed by atoms with van der Waals surface area (Å²) < 4.78 is 39.0. The van der Waals surface area contributed by atoms with Gasteiger partial charge in [-0.05, 0) is 35.9 Å². The molecule has 26 heavy (non-hydrogen) atoms. The molecule has 0 unspecified atom stereocenters. The summed E-state index contributed by atoms with van der Waals surface area (Å²) in [6.07, 6.45) is -4.07. The van der Waals surface area contributed by atoms with Crippen LogP contribution in [0.4, 0.5) is 24.0 Å². The zero-order valence-electron chi connectivity index (χ0n) is 14.1. The quantitative estimate of drug-likeness (QED) is 0.715. The number of thiazole rings is 1. The smallest absolute Gasteiger partial charge is 0.349 e. The highest BCUT2D eigenvalue weighted by Crippen LogP contribution is 2.34. The molecule has 0 aliphatic carbocycles. The second-order valence-corrected chi connectivity index (χ2v) is 7.02. The molecule has 1 amide bonds. The summed E-state index contributed by atoms with van der Waals surface area (Å²) in [5, 5.41) is 3.60. The van der Waals surface area contributed by atoms with Crippen LogP contribution in [0.5, 0.6) is 0 Å². The fraction of sp³-hybridized carbons (Fsp3) is 0.222. The number of nitrogens with one attached hydrogen (secondary N) is 1. The van der Waals surface area contributed by atoms with E-state index in [0.29, 0.717) is 21.8 Å². The van der Waals surface area contributed by atoms with Crippen LogP contribution in [-0.4, -0.2) is 29.9 Å². The number of hydrogen-bond acceptors (Lipinski definition) is 4. The zero-order chi connectivity index (χ0) is 18.9. The monoisotopic (exact) mass is 379 g/mol. The van der Waals surface area contributed by atoms with E-state index in [9.17, 15) is 18.0 Å². The molecule has 0 saturated carbocycles. The maximum absolute atomic E-state index is 12.8. The molecule has 0 saturated heterocycles. The Balaban J connectivity index is 1.75. The van der Waals surface area contributed by atoms with E-state index in [4.69, 9.17) is 0 Å². The van der Waals surface area contributed by atoms with E-state index in [-0.39, 0.29) is 5.91 Å². The van der Waals surface area contributed by atoms with Crippen molar-refractivity contribution in [3.63, 3.8) is 0 Å². The highest BCUT2D eigenvalue weighted by atomic mass is 32.1. The van der Waals surface area contributed by atoms with Gasteiger partial charge in [0.25, 0.3) is 0 Å². The first-order valence-corrected chi connectivity index (χ1v) is 8.58. The number of amides is 1. The number of hydrogen-bond donors (Lipinski definition) is 1. The fourth-order valence-corrected chi connectivity index (χ4v) is 3.19. The van der Waals surface area contributed by atoms with Gasteiger partial charge in [-0.3, -0.25) is 4.79 Å². The minimum atomic E-state index is -4.38. The lowest BCUT2D eigenvalue weighted by Crippen LogP contribution is -2.23. The van der Waals surface area contributed by atoms with E-state index in [1.165, 1.54) is 22.3 Å². The molecule has 0 radical (unpaired) electrons. The van der Waals surface area contributed by atoms with Crippen molar-refractivity contribution in [3.05, 3.63) is 53.6 Å². The highest BCUT2D eigenvalue weighted by molar-refractivity contribution is 7.22. The van der Waals surface area contributed by atoms with Crippen LogP contribution in [0, 0.1) is 0 Å². The fourth-order valence-electron chi connectivity index (χ4n) is 2.32. The number of carbonyl (C=O) groups is 1. The van der Waals surface area contributed by atoms with Crippen molar-refractivity contribution in [3.8, 4) is 0 Å². The Labute approximate surface area is 152 Å². The Morgan fingerprint density at radius 1 is 1.15 bits per heavy atom. The Hall–Kier alpha value is -2.61. The van der Waals surface area contributed by atoms with Gasteiger partial charge in [-0.15, -0.1) is 0 Å². The van der Waals surface area contributed by atoms with Crippen molar-refractivity contribution >= 4 is 38.3 Å². The molecule has 0 aliphatic rings. The number of fused-ring (bicyclic) bond motifs is 1. The number of carbonyl (C=O) groups excluding carboxylic acids is 1. The topological polar surface area (TPSA) is 45.2 Å². The van der Waals surface area contributed by atoms with Crippen LogP contribution in [0.15, 0.2) is 42.5 Å². The summed E-state index contributed by atoms with van der Waals surface area (Å²) in [5.74, 6) is 0.0114. The lowest BCUT2D eigenvalue weighted by atomic mass is 10.1. The van der Waals surface area contributed by atoms with Gasteiger partial charge in [0.15, 0.2) is 5.13 Å². The Morgan fingerprint density at radius 3 is 2.46 bits per heavy atom. The molecular weight excluding hydrogens is 363 g/mol. The molecule has 8 heteroatoms. The van der Waals surface area contributed by atoms with E-state index in [1.54, 1.807) is 14.1 Å². The highest BCUT2D eigenvalue weighted by Gasteiger charge is 2.30. The van der Waals surface area contributed by atoms with Crippen molar-refractivity contribution in [1.82, 2.24) is 9.88 Å². The van der Waals surface area contributed by atoms with Crippen molar-refractivity contribution < 1.29 is 18.0 Å². The molecule has 3 aromatic rings.